The Balaban J connectivity index is 2.06. The van der Waals surface area contributed by atoms with Crippen LogP contribution in [-0.4, -0.2) is 65.7 Å². The Labute approximate surface area is 215 Å². The number of aromatic hydroxyl groups is 2. The fourth-order valence-corrected chi connectivity index (χ4v) is 4.19. The van der Waals surface area contributed by atoms with E-state index in [1.54, 1.807) is 24.3 Å². The van der Waals surface area contributed by atoms with Crippen LogP contribution in [0.15, 0.2) is 36.4 Å². The van der Waals surface area contributed by atoms with Crippen LogP contribution in [0, 0.1) is 0 Å². The quantitative estimate of drug-likeness (QED) is 0.223. The molecule has 0 saturated heterocycles. The van der Waals surface area contributed by atoms with Gasteiger partial charge in [-0.15, -0.1) is 0 Å². The molecule has 1 aliphatic rings. The number of hydrogen-bond acceptors (Lipinski definition) is 8. The lowest BCUT2D eigenvalue weighted by Crippen LogP contribution is -2.56. The third kappa shape index (κ3) is 7.42. The van der Waals surface area contributed by atoms with Gasteiger partial charge in [-0.25, -0.2) is 0 Å². The molecule has 0 spiro atoms. The summed E-state index contributed by atoms with van der Waals surface area (Å²) in [4.78, 5) is 39.2. The number of amides is 3. The highest BCUT2D eigenvalue weighted by molar-refractivity contribution is 5.93. The number of phenols is 2. The number of benzene rings is 2. The van der Waals surface area contributed by atoms with Crippen LogP contribution in [0.3, 0.4) is 0 Å². The van der Waals surface area contributed by atoms with Crippen LogP contribution in [0.1, 0.15) is 30.4 Å². The van der Waals surface area contributed by atoms with Gasteiger partial charge in [-0.2, -0.15) is 0 Å². The highest BCUT2D eigenvalue weighted by Crippen LogP contribution is 2.30. The fourth-order valence-electron chi connectivity index (χ4n) is 4.19. The smallest absolute Gasteiger partial charge is 0.243 e. The Kier molecular flexibility index (Phi) is 9.84. The van der Waals surface area contributed by atoms with E-state index in [1.807, 2.05) is 0 Å². The van der Waals surface area contributed by atoms with Gasteiger partial charge in [-0.1, -0.05) is 12.1 Å². The van der Waals surface area contributed by atoms with Crippen LogP contribution >= 0.6 is 0 Å². The average molecular weight is 513 g/mol. The Morgan fingerprint density at radius 1 is 0.892 bits per heavy atom. The van der Waals surface area contributed by atoms with Crippen molar-refractivity contribution in [1.29, 1.82) is 0 Å². The number of carbonyl (C=O) groups is 3. The van der Waals surface area contributed by atoms with Crippen LogP contribution in [0.4, 0.5) is 0 Å². The lowest BCUT2D eigenvalue weighted by Gasteiger charge is -2.24. The number of nitrogens with two attached hydrogens (primary N) is 3. The number of nitrogens with one attached hydrogen (secondary N) is 3. The van der Waals surface area contributed by atoms with Gasteiger partial charge >= 0.3 is 0 Å². The second kappa shape index (κ2) is 13.0. The molecule has 0 saturated carbocycles. The Morgan fingerprint density at radius 3 is 2.08 bits per heavy atom. The van der Waals surface area contributed by atoms with Crippen molar-refractivity contribution in [1.82, 2.24) is 16.0 Å². The Bertz CT molecular complexity index is 1120. The second-order valence-electron chi connectivity index (χ2n) is 9.19. The number of phenolic OH excluding ortho intramolecular Hbond substituents is 2. The maximum atomic E-state index is 13.3. The van der Waals surface area contributed by atoms with Crippen LogP contribution in [0.25, 0.3) is 11.1 Å². The molecular weight excluding hydrogens is 476 g/mol. The fraction of sp³-hybridized carbons (Fsp3) is 0.423. The van der Waals surface area contributed by atoms with Crippen molar-refractivity contribution in [2.24, 2.45) is 17.2 Å². The maximum absolute atomic E-state index is 13.3. The third-order valence-corrected chi connectivity index (χ3v) is 6.34. The van der Waals surface area contributed by atoms with Gasteiger partial charge in [0.2, 0.25) is 17.7 Å². The summed E-state index contributed by atoms with van der Waals surface area (Å²) in [7, 11) is 0. The van der Waals surface area contributed by atoms with Gasteiger partial charge in [0.15, 0.2) is 0 Å². The molecule has 0 fully saturated rings. The molecule has 0 radical (unpaired) electrons. The van der Waals surface area contributed by atoms with E-state index in [0.29, 0.717) is 43.6 Å². The van der Waals surface area contributed by atoms with Crippen LogP contribution in [0.2, 0.25) is 0 Å². The van der Waals surface area contributed by atoms with E-state index in [1.165, 1.54) is 12.1 Å². The summed E-state index contributed by atoms with van der Waals surface area (Å²) in [6, 6.07) is 6.86. The molecule has 2 aromatic carbocycles. The predicted molar refractivity (Wildman–Crippen MR) is 139 cm³/mol. The number of carbonyl (C=O) groups excluding carboxylic acids is 3. The third-order valence-electron chi connectivity index (χ3n) is 6.34. The van der Waals surface area contributed by atoms with Crippen molar-refractivity contribution in [3.05, 3.63) is 47.5 Å². The molecule has 11 N–H and O–H groups in total. The first kappa shape index (κ1) is 27.9. The SMILES string of the molecule is NCCCNC(=O)[C@@H]1Cc2cc(ccc2O)-c2ccc(O)c(c2)C[C@@H](N)C(=O)N[C@@H](CCCN)C(=O)N1. The van der Waals surface area contributed by atoms with Gasteiger partial charge < -0.3 is 43.4 Å². The van der Waals surface area contributed by atoms with E-state index in [9.17, 15) is 24.6 Å². The van der Waals surface area contributed by atoms with E-state index < -0.39 is 35.8 Å². The van der Waals surface area contributed by atoms with E-state index in [2.05, 4.69) is 16.0 Å². The minimum Gasteiger partial charge on any atom is -0.508 e. The molecule has 1 heterocycles. The number of fused-ring (bicyclic) bond motifs is 5. The second-order valence-corrected chi connectivity index (χ2v) is 9.19. The minimum atomic E-state index is -1.04. The molecule has 3 atom stereocenters. The average Bonchev–Trinajstić information content (AvgIpc) is 2.88. The summed E-state index contributed by atoms with van der Waals surface area (Å²) in [5.41, 5.74) is 19.7. The summed E-state index contributed by atoms with van der Waals surface area (Å²) in [5, 5.41) is 29.1. The summed E-state index contributed by atoms with van der Waals surface area (Å²) < 4.78 is 0. The van der Waals surface area contributed by atoms with Gasteiger partial charge in [0.25, 0.3) is 0 Å². The van der Waals surface area contributed by atoms with Crippen molar-refractivity contribution in [2.45, 2.75) is 50.2 Å². The molecule has 1 aliphatic heterocycles. The Morgan fingerprint density at radius 2 is 1.49 bits per heavy atom. The van der Waals surface area contributed by atoms with Gasteiger partial charge in [0, 0.05) is 19.4 Å². The first-order chi connectivity index (χ1) is 17.7. The van der Waals surface area contributed by atoms with Crippen LogP contribution < -0.4 is 33.2 Å². The first-order valence-corrected chi connectivity index (χ1v) is 12.4. The van der Waals surface area contributed by atoms with Crippen molar-refractivity contribution in [2.75, 3.05) is 19.6 Å². The zero-order valence-electron chi connectivity index (χ0n) is 20.7. The summed E-state index contributed by atoms with van der Waals surface area (Å²) in [6.07, 6.45) is 1.29. The molecule has 200 valence electrons. The summed E-state index contributed by atoms with van der Waals surface area (Å²) in [6.45, 7) is 1.02. The van der Waals surface area contributed by atoms with Gasteiger partial charge in [-0.05, 0) is 78.9 Å². The zero-order valence-corrected chi connectivity index (χ0v) is 20.7. The van der Waals surface area contributed by atoms with Crippen molar-refractivity contribution in [3.63, 3.8) is 0 Å². The molecule has 2 aromatic rings. The molecule has 0 aliphatic carbocycles. The number of hydrogen-bond donors (Lipinski definition) is 8. The highest BCUT2D eigenvalue weighted by Gasteiger charge is 2.29. The van der Waals surface area contributed by atoms with Crippen molar-refractivity contribution < 1.29 is 24.6 Å². The maximum Gasteiger partial charge on any atom is 0.243 e. The van der Waals surface area contributed by atoms with Gasteiger partial charge in [0.05, 0.1) is 6.04 Å². The van der Waals surface area contributed by atoms with Crippen molar-refractivity contribution >= 4 is 17.7 Å². The van der Waals surface area contributed by atoms with Crippen LogP contribution in [-0.2, 0) is 27.2 Å². The lowest BCUT2D eigenvalue weighted by atomic mass is 9.95. The monoisotopic (exact) mass is 512 g/mol. The predicted octanol–water partition coefficient (Wildman–Crippen LogP) is -0.636. The van der Waals surface area contributed by atoms with Gasteiger partial charge in [0.1, 0.15) is 23.6 Å². The largest absolute Gasteiger partial charge is 0.508 e. The molecule has 0 aromatic heterocycles. The molecular formula is C26H36N6O5. The molecule has 37 heavy (non-hydrogen) atoms. The lowest BCUT2D eigenvalue weighted by molar-refractivity contribution is -0.132. The topological polar surface area (TPSA) is 206 Å². The normalized spacial score (nSPS) is 20.2. The Hall–Kier alpha value is -3.67. The minimum absolute atomic E-state index is 0.00187. The molecule has 3 rings (SSSR count). The summed E-state index contributed by atoms with van der Waals surface area (Å²) >= 11 is 0. The molecule has 3 amide bonds. The van der Waals surface area contributed by atoms with E-state index in [-0.39, 0.29) is 30.8 Å². The standard InChI is InChI=1S/C26H36N6O5/c27-8-1-3-20-26(37)32-21(25(36)30-10-2-9-28)14-18-12-16(5-7-23(18)34)15-4-6-22(33)17(11-15)13-19(29)24(35)31-20/h4-7,11-12,19-21,33-34H,1-3,8-10,13-14,27-29H2,(H,30,36)(H,31,35)(H,32,37)/t19-,20+,21+/m1/s1. The summed E-state index contributed by atoms with van der Waals surface area (Å²) in [5.74, 6) is -1.62. The zero-order chi connectivity index (χ0) is 26.9. The number of rotatable bonds is 7. The van der Waals surface area contributed by atoms with E-state index in [0.717, 1.165) is 11.1 Å². The first-order valence-electron chi connectivity index (χ1n) is 12.4. The van der Waals surface area contributed by atoms with Crippen LogP contribution in [0.5, 0.6) is 11.5 Å². The van der Waals surface area contributed by atoms with Gasteiger partial charge in [-0.3, -0.25) is 14.4 Å². The van der Waals surface area contributed by atoms with Crippen molar-refractivity contribution in [3.8, 4) is 22.6 Å². The van der Waals surface area contributed by atoms with E-state index in [4.69, 9.17) is 17.2 Å². The molecule has 11 heteroatoms. The molecule has 4 bridgehead atoms. The molecule has 0 unspecified atom stereocenters. The molecule has 11 nitrogen and oxygen atoms in total. The highest BCUT2D eigenvalue weighted by atomic mass is 16.3. The van der Waals surface area contributed by atoms with E-state index >= 15 is 0 Å².